The molecule has 36 heavy (non-hydrogen) atoms. The molecule has 1 N–H and O–H groups in total. The van der Waals surface area contributed by atoms with Crippen LogP contribution in [0.3, 0.4) is 0 Å². The summed E-state index contributed by atoms with van der Waals surface area (Å²) in [6.45, 7) is 1.44. The lowest BCUT2D eigenvalue weighted by molar-refractivity contribution is -0.140. The van der Waals surface area contributed by atoms with Crippen LogP contribution in [0.25, 0.3) is 0 Å². The van der Waals surface area contributed by atoms with E-state index in [-0.39, 0.29) is 34.2 Å². The fourth-order valence-corrected chi connectivity index (χ4v) is 5.59. The van der Waals surface area contributed by atoms with E-state index >= 15 is 0 Å². The van der Waals surface area contributed by atoms with Gasteiger partial charge in [0.2, 0.25) is 21.8 Å². The highest BCUT2D eigenvalue weighted by molar-refractivity contribution is 7.92. The summed E-state index contributed by atoms with van der Waals surface area (Å²) in [5.41, 5.74) is 0.968. The molecule has 1 aliphatic carbocycles. The molecule has 1 saturated carbocycles. The van der Waals surface area contributed by atoms with Gasteiger partial charge in [0.1, 0.15) is 12.6 Å². The Morgan fingerprint density at radius 2 is 1.67 bits per heavy atom. The number of anilines is 1. The summed E-state index contributed by atoms with van der Waals surface area (Å²) in [5, 5.41) is 4.04. The van der Waals surface area contributed by atoms with Crippen molar-refractivity contribution in [2.24, 2.45) is 0 Å². The number of hydrogen-bond donors (Lipinski definition) is 1. The zero-order valence-electron chi connectivity index (χ0n) is 20.2. The number of halogens is 3. The molecule has 1 atom stereocenters. The summed E-state index contributed by atoms with van der Waals surface area (Å²) < 4.78 is 26.3. The van der Waals surface area contributed by atoms with Crippen LogP contribution in [0.5, 0.6) is 0 Å². The van der Waals surface area contributed by atoms with Crippen molar-refractivity contribution < 1.29 is 18.0 Å². The van der Waals surface area contributed by atoms with Crippen molar-refractivity contribution in [3.8, 4) is 0 Å². The molecule has 0 spiro atoms. The quantitative estimate of drug-likeness (QED) is 0.418. The lowest BCUT2D eigenvalue weighted by Crippen LogP contribution is -2.53. The van der Waals surface area contributed by atoms with Gasteiger partial charge in [-0.1, -0.05) is 66.7 Å². The maximum atomic E-state index is 13.7. The van der Waals surface area contributed by atoms with Gasteiger partial charge in [-0.15, -0.1) is 0 Å². The van der Waals surface area contributed by atoms with Gasteiger partial charge in [-0.2, -0.15) is 0 Å². The number of rotatable bonds is 10. The van der Waals surface area contributed by atoms with E-state index in [4.69, 9.17) is 34.8 Å². The summed E-state index contributed by atoms with van der Waals surface area (Å²) in [7, 11) is -3.86. The van der Waals surface area contributed by atoms with E-state index in [0.717, 1.165) is 41.8 Å². The third-order valence-electron chi connectivity index (χ3n) is 6.22. The first-order valence-corrected chi connectivity index (χ1v) is 14.7. The minimum atomic E-state index is -3.86. The molecule has 0 bridgehead atoms. The van der Waals surface area contributed by atoms with Crippen LogP contribution in [0.15, 0.2) is 42.5 Å². The Morgan fingerprint density at radius 1 is 1.03 bits per heavy atom. The van der Waals surface area contributed by atoms with Gasteiger partial charge in [-0.3, -0.25) is 13.9 Å². The molecule has 11 heteroatoms. The van der Waals surface area contributed by atoms with Gasteiger partial charge >= 0.3 is 0 Å². The monoisotopic (exact) mass is 573 g/mol. The molecule has 0 radical (unpaired) electrons. The standard InChI is InChI=1S/C25H30Cl3N3O4S/c1-3-23(25(33)29-19-6-4-5-7-19)30(15-17-8-10-18(26)11-9-17)24(32)16-31(36(2,34)35)20-12-13-21(27)22(28)14-20/h8-14,19,23H,3-7,15-16H2,1-2H3,(H,29,33)/t23-/m0/s1. The molecule has 0 unspecified atom stereocenters. The number of nitrogens with one attached hydrogen (secondary N) is 1. The molecule has 1 aliphatic rings. The minimum absolute atomic E-state index is 0.0859. The van der Waals surface area contributed by atoms with Gasteiger partial charge in [-0.25, -0.2) is 8.42 Å². The van der Waals surface area contributed by atoms with Gasteiger partial charge < -0.3 is 10.2 Å². The minimum Gasteiger partial charge on any atom is -0.352 e. The zero-order chi connectivity index (χ0) is 26.5. The summed E-state index contributed by atoms with van der Waals surface area (Å²) in [6.07, 6.45) is 5.31. The maximum absolute atomic E-state index is 13.7. The largest absolute Gasteiger partial charge is 0.352 e. The highest BCUT2D eigenvalue weighted by Gasteiger charge is 2.33. The molecule has 196 valence electrons. The predicted molar refractivity (Wildman–Crippen MR) is 145 cm³/mol. The second-order valence-electron chi connectivity index (χ2n) is 8.93. The molecule has 2 aromatic carbocycles. The van der Waals surface area contributed by atoms with Crippen molar-refractivity contribution >= 4 is 62.3 Å². The van der Waals surface area contributed by atoms with Crippen LogP contribution < -0.4 is 9.62 Å². The highest BCUT2D eigenvalue weighted by atomic mass is 35.5. The average molecular weight is 575 g/mol. The third-order valence-corrected chi connectivity index (χ3v) is 8.36. The molecule has 2 aromatic rings. The van der Waals surface area contributed by atoms with Gasteiger partial charge in [0.25, 0.3) is 0 Å². The summed E-state index contributed by atoms with van der Waals surface area (Å²) in [5.74, 6) is -0.762. The SMILES string of the molecule is CC[C@@H](C(=O)NC1CCCC1)N(Cc1ccc(Cl)cc1)C(=O)CN(c1ccc(Cl)c(Cl)c1)S(C)(=O)=O. The van der Waals surface area contributed by atoms with Crippen molar-refractivity contribution in [1.82, 2.24) is 10.2 Å². The number of nitrogens with zero attached hydrogens (tertiary/aromatic N) is 2. The van der Waals surface area contributed by atoms with Gasteiger partial charge in [0.05, 0.1) is 22.0 Å². The van der Waals surface area contributed by atoms with E-state index in [1.165, 1.54) is 23.1 Å². The Morgan fingerprint density at radius 3 is 2.22 bits per heavy atom. The molecule has 3 rings (SSSR count). The molecule has 2 amide bonds. The van der Waals surface area contributed by atoms with Gasteiger partial charge in [0, 0.05) is 17.6 Å². The summed E-state index contributed by atoms with van der Waals surface area (Å²) in [4.78, 5) is 28.4. The average Bonchev–Trinajstić information content (AvgIpc) is 3.32. The second kappa shape index (κ2) is 12.5. The second-order valence-corrected chi connectivity index (χ2v) is 12.1. The number of sulfonamides is 1. The fourth-order valence-electron chi connectivity index (χ4n) is 4.33. The third kappa shape index (κ3) is 7.51. The number of hydrogen-bond acceptors (Lipinski definition) is 4. The van der Waals surface area contributed by atoms with Crippen molar-refractivity contribution in [2.45, 2.75) is 57.7 Å². The number of amides is 2. The molecular formula is C25H30Cl3N3O4S. The Labute approximate surface area is 227 Å². The van der Waals surface area contributed by atoms with Gasteiger partial charge in [-0.05, 0) is 55.2 Å². The van der Waals surface area contributed by atoms with E-state index in [2.05, 4.69) is 5.32 Å². The topological polar surface area (TPSA) is 86.8 Å². The number of carbonyl (C=O) groups excluding carboxylic acids is 2. The zero-order valence-corrected chi connectivity index (χ0v) is 23.3. The van der Waals surface area contributed by atoms with Crippen LogP contribution in [0, 0.1) is 0 Å². The van der Waals surface area contributed by atoms with Crippen LogP contribution in [-0.2, 0) is 26.2 Å². The van der Waals surface area contributed by atoms with Crippen LogP contribution in [0.1, 0.15) is 44.6 Å². The van der Waals surface area contributed by atoms with E-state index in [0.29, 0.717) is 11.4 Å². The molecule has 0 aliphatic heterocycles. The molecule has 0 saturated heterocycles. The lowest BCUT2D eigenvalue weighted by atomic mass is 10.1. The molecular weight excluding hydrogens is 545 g/mol. The van der Waals surface area contributed by atoms with Crippen molar-refractivity contribution in [3.63, 3.8) is 0 Å². The van der Waals surface area contributed by atoms with E-state index in [1.807, 2.05) is 6.92 Å². The van der Waals surface area contributed by atoms with E-state index in [1.54, 1.807) is 24.3 Å². The van der Waals surface area contributed by atoms with E-state index < -0.39 is 28.5 Å². The lowest BCUT2D eigenvalue weighted by Gasteiger charge is -2.33. The first-order valence-electron chi connectivity index (χ1n) is 11.8. The van der Waals surface area contributed by atoms with E-state index in [9.17, 15) is 18.0 Å². The normalized spacial score (nSPS) is 14.9. The fraction of sp³-hybridized carbons (Fsp3) is 0.440. The Balaban J connectivity index is 1.92. The molecule has 0 aromatic heterocycles. The molecule has 1 fully saturated rings. The maximum Gasteiger partial charge on any atom is 0.244 e. The molecule has 7 nitrogen and oxygen atoms in total. The van der Waals surface area contributed by atoms with Crippen molar-refractivity contribution in [3.05, 3.63) is 63.1 Å². The number of carbonyl (C=O) groups is 2. The van der Waals surface area contributed by atoms with Crippen LogP contribution in [0.2, 0.25) is 15.1 Å². The van der Waals surface area contributed by atoms with Crippen LogP contribution in [-0.4, -0.2) is 50.0 Å². The predicted octanol–water partition coefficient (Wildman–Crippen LogP) is 5.28. The summed E-state index contributed by atoms with van der Waals surface area (Å²) in [6, 6.07) is 10.6. The first-order chi connectivity index (χ1) is 17.0. The highest BCUT2D eigenvalue weighted by Crippen LogP contribution is 2.29. The van der Waals surface area contributed by atoms with Crippen LogP contribution >= 0.6 is 34.8 Å². The summed E-state index contributed by atoms with van der Waals surface area (Å²) >= 11 is 18.1. The van der Waals surface area contributed by atoms with Crippen LogP contribution in [0.4, 0.5) is 5.69 Å². The van der Waals surface area contributed by atoms with Crippen molar-refractivity contribution in [1.29, 1.82) is 0 Å². The Bertz CT molecular complexity index is 1190. The number of benzene rings is 2. The Kier molecular flexibility index (Phi) is 9.92. The molecule has 0 heterocycles. The first kappa shape index (κ1) is 28.6. The Hall–Kier alpha value is -2.00. The smallest absolute Gasteiger partial charge is 0.244 e. The van der Waals surface area contributed by atoms with Crippen molar-refractivity contribution in [2.75, 3.05) is 17.1 Å². The van der Waals surface area contributed by atoms with Gasteiger partial charge in [0.15, 0.2) is 0 Å².